The fraction of sp³-hybridized carbons (Fsp3) is 0.909. The average molecular weight is 308 g/mol. The van der Waals surface area contributed by atoms with Crippen LogP contribution >= 0.6 is 0 Å². The van der Waals surface area contributed by atoms with Gasteiger partial charge in [0.15, 0.2) is 5.84 Å². The molecule has 3 N–H and O–H groups in total. The van der Waals surface area contributed by atoms with Crippen LogP contribution in [-0.2, 0) is 14.8 Å². The van der Waals surface area contributed by atoms with Crippen LogP contribution in [0, 0.1) is 0 Å². The normalized spacial score (nSPS) is 19.6. The van der Waals surface area contributed by atoms with Gasteiger partial charge in [-0.15, -0.1) is 0 Å². The quantitative estimate of drug-likeness (QED) is 0.273. The van der Waals surface area contributed by atoms with Crippen LogP contribution in [-0.4, -0.2) is 79.9 Å². The second kappa shape index (κ2) is 7.77. The molecule has 0 radical (unpaired) electrons. The van der Waals surface area contributed by atoms with E-state index in [1.54, 1.807) is 0 Å². The molecule has 1 heterocycles. The van der Waals surface area contributed by atoms with Gasteiger partial charge in [-0.25, -0.2) is 8.42 Å². The average Bonchev–Trinajstić information content (AvgIpc) is 2.38. The first-order valence-electron chi connectivity index (χ1n) is 6.63. The van der Waals surface area contributed by atoms with Crippen LogP contribution in [0.25, 0.3) is 0 Å². The van der Waals surface area contributed by atoms with Crippen LogP contribution in [0.5, 0.6) is 0 Å². The zero-order valence-corrected chi connectivity index (χ0v) is 12.8. The van der Waals surface area contributed by atoms with Crippen LogP contribution in [0.15, 0.2) is 5.16 Å². The maximum atomic E-state index is 12.1. The van der Waals surface area contributed by atoms with Crippen molar-refractivity contribution in [3.05, 3.63) is 0 Å². The Morgan fingerprint density at radius 2 is 1.95 bits per heavy atom. The van der Waals surface area contributed by atoms with E-state index in [9.17, 15) is 8.42 Å². The molecular formula is C11H24N4O4S. The molecule has 0 aromatic carbocycles. The molecule has 20 heavy (non-hydrogen) atoms. The first-order valence-corrected chi connectivity index (χ1v) is 8.24. The topological polar surface area (TPSA) is 108 Å². The van der Waals surface area contributed by atoms with Crippen LogP contribution in [0.2, 0.25) is 0 Å². The smallest absolute Gasteiger partial charge is 0.216 e. The molecule has 9 heteroatoms. The van der Waals surface area contributed by atoms with E-state index in [4.69, 9.17) is 15.7 Å². The molecule has 118 valence electrons. The number of nitrogens with zero attached hydrogens (tertiary/aromatic N) is 3. The number of hydrogen-bond acceptors (Lipinski definition) is 6. The lowest BCUT2D eigenvalue weighted by molar-refractivity contribution is 0.0903. The second-order valence-corrected chi connectivity index (χ2v) is 7.09. The van der Waals surface area contributed by atoms with Gasteiger partial charge in [-0.2, -0.15) is 4.31 Å². The van der Waals surface area contributed by atoms with Gasteiger partial charge in [-0.3, -0.25) is 4.90 Å². The van der Waals surface area contributed by atoms with Crippen LogP contribution in [0.3, 0.4) is 0 Å². The van der Waals surface area contributed by atoms with E-state index in [0.29, 0.717) is 32.7 Å². The molecule has 0 aromatic heterocycles. The van der Waals surface area contributed by atoms with Gasteiger partial charge in [-0.1, -0.05) is 5.16 Å². The summed E-state index contributed by atoms with van der Waals surface area (Å²) in [6, 6.07) is 0. The Hall–Kier alpha value is -0.900. The Bertz CT molecular complexity index is 416. The van der Waals surface area contributed by atoms with E-state index in [-0.39, 0.29) is 24.3 Å². The minimum atomic E-state index is -3.27. The summed E-state index contributed by atoms with van der Waals surface area (Å²) in [6.45, 7) is 6.29. The standard InChI is InChI=1S/C11H24N4O4S/c1-10(2)19-7-8-20(17,18)15-5-3-14(4-6-15)9-11(12)13-16/h10,16H,3-9H2,1-2H3,(H2,12,13). The molecular weight excluding hydrogens is 284 g/mol. The van der Waals surface area contributed by atoms with Crippen molar-refractivity contribution in [1.29, 1.82) is 0 Å². The van der Waals surface area contributed by atoms with Crippen LogP contribution in [0.1, 0.15) is 13.8 Å². The molecule has 1 rings (SSSR count). The van der Waals surface area contributed by atoms with Gasteiger partial charge in [0.25, 0.3) is 0 Å². The molecule has 1 aliphatic rings. The van der Waals surface area contributed by atoms with Crippen molar-refractivity contribution in [2.45, 2.75) is 20.0 Å². The Labute approximate surface area is 120 Å². The summed E-state index contributed by atoms with van der Waals surface area (Å²) < 4.78 is 30.9. The van der Waals surface area contributed by atoms with Crippen molar-refractivity contribution in [2.24, 2.45) is 10.9 Å². The summed E-state index contributed by atoms with van der Waals surface area (Å²) in [4.78, 5) is 1.95. The number of piperazine rings is 1. The highest BCUT2D eigenvalue weighted by Crippen LogP contribution is 2.08. The largest absolute Gasteiger partial charge is 0.409 e. The van der Waals surface area contributed by atoms with Gasteiger partial charge in [0, 0.05) is 26.2 Å². The Kier molecular flexibility index (Phi) is 6.66. The van der Waals surface area contributed by atoms with Crippen molar-refractivity contribution in [3.8, 4) is 0 Å². The number of nitrogens with two attached hydrogens (primary N) is 1. The third-order valence-electron chi connectivity index (χ3n) is 3.03. The molecule has 8 nitrogen and oxygen atoms in total. The van der Waals surface area contributed by atoms with Crippen molar-refractivity contribution in [2.75, 3.05) is 45.1 Å². The number of rotatable bonds is 7. The van der Waals surface area contributed by atoms with E-state index >= 15 is 0 Å². The van der Waals surface area contributed by atoms with Gasteiger partial charge in [0.1, 0.15) is 0 Å². The Balaban J connectivity index is 2.40. The summed E-state index contributed by atoms with van der Waals surface area (Å²) in [7, 11) is -3.27. The molecule has 1 saturated heterocycles. The molecule has 0 unspecified atom stereocenters. The SMILES string of the molecule is CC(C)OCCS(=O)(=O)N1CCN(CC(N)=NO)CC1. The number of hydrogen-bond donors (Lipinski definition) is 2. The molecule has 0 aromatic rings. The molecule has 0 bridgehead atoms. The lowest BCUT2D eigenvalue weighted by Gasteiger charge is -2.33. The number of sulfonamides is 1. The van der Waals surface area contributed by atoms with E-state index in [2.05, 4.69) is 5.16 Å². The summed E-state index contributed by atoms with van der Waals surface area (Å²) in [6.07, 6.45) is 0.0304. The lowest BCUT2D eigenvalue weighted by atomic mass is 10.3. The molecule has 1 aliphatic heterocycles. The van der Waals surface area contributed by atoms with E-state index < -0.39 is 10.0 Å². The number of ether oxygens (including phenoxy) is 1. The van der Waals surface area contributed by atoms with E-state index in [1.807, 2.05) is 18.7 Å². The predicted octanol–water partition coefficient (Wildman–Crippen LogP) is -0.895. The van der Waals surface area contributed by atoms with Crippen LogP contribution in [0.4, 0.5) is 0 Å². The van der Waals surface area contributed by atoms with E-state index in [0.717, 1.165) is 0 Å². The predicted molar refractivity (Wildman–Crippen MR) is 76.3 cm³/mol. The summed E-state index contributed by atoms with van der Waals surface area (Å²) in [5, 5.41) is 11.4. The van der Waals surface area contributed by atoms with Crippen molar-refractivity contribution in [1.82, 2.24) is 9.21 Å². The molecule has 1 fully saturated rings. The maximum Gasteiger partial charge on any atom is 0.216 e. The van der Waals surface area contributed by atoms with Gasteiger partial charge in [-0.05, 0) is 13.8 Å². The zero-order valence-electron chi connectivity index (χ0n) is 12.0. The molecule has 0 amide bonds. The highest BCUT2D eigenvalue weighted by Gasteiger charge is 2.26. The summed E-state index contributed by atoms with van der Waals surface area (Å²) in [5.74, 6) is 0.137. The molecule has 0 saturated carbocycles. The first kappa shape index (κ1) is 17.2. The first-order chi connectivity index (χ1) is 9.35. The van der Waals surface area contributed by atoms with Crippen molar-refractivity contribution in [3.63, 3.8) is 0 Å². The second-order valence-electron chi connectivity index (χ2n) is 5.00. The highest BCUT2D eigenvalue weighted by atomic mass is 32.2. The Morgan fingerprint density at radius 3 is 2.45 bits per heavy atom. The fourth-order valence-electron chi connectivity index (χ4n) is 1.94. The highest BCUT2D eigenvalue weighted by molar-refractivity contribution is 7.89. The van der Waals surface area contributed by atoms with Gasteiger partial charge in [0.2, 0.25) is 10.0 Å². The van der Waals surface area contributed by atoms with E-state index in [1.165, 1.54) is 4.31 Å². The number of amidine groups is 1. The van der Waals surface area contributed by atoms with Crippen molar-refractivity contribution < 1.29 is 18.4 Å². The molecule has 0 atom stereocenters. The lowest BCUT2D eigenvalue weighted by Crippen LogP contribution is -2.51. The monoisotopic (exact) mass is 308 g/mol. The Morgan fingerprint density at radius 1 is 1.35 bits per heavy atom. The molecule has 0 aliphatic carbocycles. The maximum absolute atomic E-state index is 12.1. The van der Waals surface area contributed by atoms with Gasteiger partial charge in [0.05, 0.1) is 25.0 Å². The molecule has 0 spiro atoms. The number of oxime groups is 1. The minimum Gasteiger partial charge on any atom is -0.409 e. The summed E-state index contributed by atoms with van der Waals surface area (Å²) in [5.41, 5.74) is 5.43. The third-order valence-corrected chi connectivity index (χ3v) is 4.87. The third kappa shape index (κ3) is 5.61. The van der Waals surface area contributed by atoms with Crippen LogP contribution < -0.4 is 5.73 Å². The van der Waals surface area contributed by atoms with Gasteiger partial charge >= 0.3 is 0 Å². The minimum absolute atomic E-state index is 0.00537. The summed E-state index contributed by atoms with van der Waals surface area (Å²) >= 11 is 0. The van der Waals surface area contributed by atoms with Gasteiger partial charge < -0.3 is 15.7 Å². The zero-order chi connectivity index (χ0) is 15.2. The van der Waals surface area contributed by atoms with Crippen molar-refractivity contribution >= 4 is 15.9 Å². The fourth-order valence-corrected chi connectivity index (χ4v) is 3.23.